The highest BCUT2D eigenvalue weighted by Gasteiger charge is 2.51. The molecule has 1 saturated heterocycles. The highest BCUT2D eigenvalue weighted by atomic mass is 79.9. The van der Waals surface area contributed by atoms with Crippen LogP contribution in [0.1, 0.15) is 35.1 Å². The number of nitrogens with zero attached hydrogens (tertiary/aromatic N) is 8. The molecular weight excluding hydrogens is 1400 g/mol. The van der Waals surface area contributed by atoms with Crippen molar-refractivity contribution < 1.29 is 9.31 Å². The quantitative estimate of drug-likeness (QED) is 0.102. The third-order valence-electron chi connectivity index (χ3n) is 20.8. The molecule has 0 unspecified atom stereocenters. The van der Waals surface area contributed by atoms with Crippen molar-refractivity contribution in [2.45, 2.75) is 46.3 Å². The fourth-order valence-electron chi connectivity index (χ4n) is 14.7. The van der Waals surface area contributed by atoms with E-state index < -0.39 is 0 Å². The van der Waals surface area contributed by atoms with E-state index in [1.165, 1.54) is 59.2 Å². The molecule has 1 fully saturated rings. The summed E-state index contributed by atoms with van der Waals surface area (Å²) < 4.78 is 13.6. The average molecular weight is 1470 g/mol. The lowest BCUT2D eigenvalue weighted by Crippen LogP contribution is -2.41. The molecule has 7 heterocycles. The van der Waals surface area contributed by atoms with Crippen LogP contribution in [0.25, 0.3) is 177 Å². The summed E-state index contributed by atoms with van der Waals surface area (Å²) in [6.07, 6.45) is 3.57. The maximum atomic E-state index is 6.27. The summed E-state index contributed by atoms with van der Waals surface area (Å²) >= 11 is 3.48. The molecule has 0 N–H and O–H groups in total. The van der Waals surface area contributed by atoms with Gasteiger partial charge in [-0.3, -0.25) is 9.97 Å². The van der Waals surface area contributed by atoms with Crippen molar-refractivity contribution >= 4 is 115 Å². The molecule has 20 rings (SSSR count). The molecule has 12 heteroatoms. The van der Waals surface area contributed by atoms with Crippen LogP contribution in [-0.4, -0.2) is 58.2 Å². The van der Waals surface area contributed by atoms with Crippen LogP contribution in [0.4, 0.5) is 0 Å². The Labute approximate surface area is 641 Å². The summed E-state index contributed by atoms with van der Waals surface area (Å²) in [7, 11) is -0.379. The predicted octanol–water partition coefficient (Wildman–Crippen LogP) is 24.5. The minimum absolute atomic E-state index is 0. The van der Waals surface area contributed by atoms with Gasteiger partial charge in [-0.05, 0) is 125 Å². The van der Waals surface area contributed by atoms with Crippen molar-refractivity contribution in [1.82, 2.24) is 39.9 Å². The van der Waals surface area contributed by atoms with Gasteiger partial charge in [0.25, 0.3) is 0 Å². The molecule has 13 aromatic carbocycles. The summed E-state index contributed by atoms with van der Waals surface area (Å²) in [5.74, 6) is 1.37. The van der Waals surface area contributed by atoms with Crippen LogP contribution in [0.2, 0.25) is 0 Å². The van der Waals surface area contributed by atoms with Crippen LogP contribution in [0.5, 0.6) is 0 Å². The zero-order valence-corrected chi connectivity index (χ0v) is 61.3. The van der Waals surface area contributed by atoms with Crippen LogP contribution in [-0.2, 0) is 9.31 Å². The lowest BCUT2D eigenvalue weighted by molar-refractivity contribution is 0.00578. The van der Waals surface area contributed by atoms with E-state index in [1.807, 2.05) is 133 Å². The van der Waals surface area contributed by atoms with Gasteiger partial charge >= 0.3 is 7.12 Å². The third kappa shape index (κ3) is 13.2. The molecule has 0 atom stereocenters. The molecule has 0 amide bonds. The Bertz CT molecular complexity index is 6490. The van der Waals surface area contributed by atoms with Crippen LogP contribution in [0, 0.1) is 0 Å². The van der Waals surface area contributed by atoms with Gasteiger partial charge in [0.1, 0.15) is 0 Å². The van der Waals surface area contributed by atoms with Crippen LogP contribution in [0.15, 0.2) is 344 Å². The third-order valence-corrected chi connectivity index (χ3v) is 21.4. The number of hydrogen-bond acceptors (Lipinski definition) is 10. The molecule has 10 nitrogen and oxygen atoms in total. The zero-order valence-electron chi connectivity index (χ0n) is 59.7. The van der Waals surface area contributed by atoms with Crippen LogP contribution >= 0.6 is 15.9 Å². The Morgan fingerprint density at radius 1 is 0.266 bits per heavy atom. The molecule has 0 spiro atoms. The SMILES string of the molecule is Brc1ccc(-c2cc(-c3ccccn3)nc(-c3ccccc3)n2)cc1.C.CC1(C)OB(c2ccc(-c3nc4c5ccccc5c5ccccc5c4c4ccccc34)cc2)OC1(C)C.c1ccc(-c2nc(-c3ccc(-c4nc5c6ccccc6c6ccccc6c5c5ccccc45)cc3)cc(-c3ccccn3)n2)cc1. The largest absolute Gasteiger partial charge is 0.494 e. The Balaban J connectivity index is 0.000000124. The normalized spacial score (nSPS) is 13.0. The molecule has 1 aliphatic rings. The number of fused-ring (bicyclic) bond motifs is 16. The number of hydrogen-bond donors (Lipinski definition) is 0. The second-order valence-corrected chi connectivity index (χ2v) is 28.9. The van der Waals surface area contributed by atoms with E-state index in [0.717, 1.165) is 116 Å². The highest BCUT2D eigenvalue weighted by Crippen LogP contribution is 2.44. The molecule has 522 valence electrons. The maximum absolute atomic E-state index is 6.27. The highest BCUT2D eigenvalue weighted by molar-refractivity contribution is 9.10. The summed E-state index contributed by atoms with van der Waals surface area (Å²) in [4.78, 5) is 39.2. The first-order valence-electron chi connectivity index (χ1n) is 36.2. The summed E-state index contributed by atoms with van der Waals surface area (Å²) in [5, 5.41) is 16.9. The second-order valence-electron chi connectivity index (χ2n) is 28.0. The Morgan fingerprint density at radius 2 is 0.569 bits per heavy atom. The first-order chi connectivity index (χ1) is 52.9. The standard InChI is InChI=1S/C42H26N4.C33H28BNO2.C21H14BrN3.CH4/c1-2-12-29(13-3-1)42-44-37(26-38(45-42)36-20-10-11-25-43-36)27-21-23-28(24-22-27)40-35-19-9-7-17-33(35)39-32-16-6-4-14-30(32)31-15-5-8-18-34(31)41(39)46-40;1-32(2)33(3,4)37-34(36-32)22-19-17-21(18-20-22)30-28-16-10-8-14-26(28)29-25-13-7-5-11-23(25)24-12-6-9-15-27(24)31(29)35-30;22-17-11-9-15(10-12-17)19-14-20(18-8-4-5-13-23-18)25-21(24-19)16-6-2-1-3-7-16;/h1-26H;5-20H,1-4H3;1-14H;1H4. The number of pyridine rings is 4. The van der Waals surface area contributed by atoms with Gasteiger partial charge in [-0.1, -0.05) is 302 Å². The monoisotopic (exact) mass is 1470 g/mol. The molecule has 109 heavy (non-hydrogen) atoms. The first-order valence-corrected chi connectivity index (χ1v) is 37.0. The van der Waals surface area contributed by atoms with Crippen LogP contribution < -0.4 is 5.46 Å². The minimum atomic E-state index is -0.379. The van der Waals surface area contributed by atoms with E-state index in [-0.39, 0.29) is 25.7 Å². The summed E-state index contributed by atoms with van der Waals surface area (Å²) in [6, 6.07) is 113. The van der Waals surface area contributed by atoms with E-state index in [1.54, 1.807) is 12.4 Å². The smallest absolute Gasteiger partial charge is 0.399 e. The molecule has 0 bridgehead atoms. The van der Waals surface area contributed by atoms with Crippen molar-refractivity contribution in [2.24, 2.45) is 0 Å². The average Bonchev–Trinajstić information content (AvgIpc) is 1.27. The topological polar surface area (TPSA) is 122 Å². The van der Waals surface area contributed by atoms with Gasteiger partial charge in [-0.25, -0.2) is 29.9 Å². The van der Waals surface area contributed by atoms with E-state index in [2.05, 4.69) is 248 Å². The van der Waals surface area contributed by atoms with Crippen LogP contribution in [0.3, 0.4) is 0 Å². The second kappa shape index (κ2) is 29.1. The number of benzene rings is 13. The van der Waals surface area contributed by atoms with Gasteiger partial charge in [0.2, 0.25) is 0 Å². The van der Waals surface area contributed by atoms with Crippen molar-refractivity contribution in [3.8, 4) is 90.6 Å². The molecule has 0 radical (unpaired) electrons. The maximum Gasteiger partial charge on any atom is 0.494 e. The number of aromatic nitrogens is 8. The van der Waals surface area contributed by atoms with Crippen molar-refractivity contribution in [3.05, 3.63) is 344 Å². The number of rotatable bonds is 9. The van der Waals surface area contributed by atoms with Gasteiger partial charge in [0.05, 0.1) is 67.8 Å². The molecular formula is C97H72BBrN8O2. The van der Waals surface area contributed by atoms with Crippen molar-refractivity contribution in [2.75, 3.05) is 0 Å². The van der Waals surface area contributed by atoms with E-state index >= 15 is 0 Å². The molecule has 0 aliphatic carbocycles. The molecule has 1 aliphatic heterocycles. The van der Waals surface area contributed by atoms with Gasteiger partial charge in [-0.2, -0.15) is 0 Å². The summed E-state index contributed by atoms with van der Waals surface area (Å²) in [6.45, 7) is 8.34. The summed E-state index contributed by atoms with van der Waals surface area (Å²) in [5.41, 5.74) is 15.4. The lowest BCUT2D eigenvalue weighted by atomic mass is 9.78. The van der Waals surface area contributed by atoms with Gasteiger partial charge in [0.15, 0.2) is 11.6 Å². The van der Waals surface area contributed by atoms with E-state index in [9.17, 15) is 0 Å². The van der Waals surface area contributed by atoms with Crippen molar-refractivity contribution in [3.63, 3.8) is 0 Å². The van der Waals surface area contributed by atoms with Gasteiger partial charge in [-0.15, -0.1) is 0 Å². The Kier molecular flexibility index (Phi) is 18.5. The fourth-order valence-corrected chi connectivity index (χ4v) is 15.0. The Hall–Kier alpha value is -12.8. The van der Waals surface area contributed by atoms with E-state index in [0.29, 0.717) is 11.6 Å². The predicted molar refractivity (Wildman–Crippen MR) is 455 cm³/mol. The van der Waals surface area contributed by atoms with Gasteiger partial charge in [0, 0.05) is 82.6 Å². The number of halogens is 1. The first kappa shape index (κ1) is 69.2. The van der Waals surface area contributed by atoms with Crippen molar-refractivity contribution in [1.29, 1.82) is 0 Å². The zero-order chi connectivity index (χ0) is 72.9. The molecule has 0 saturated carbocycles. The minimum Gasteiger partial charge on any atom is -0.399 e. The molecule has 19 aromatic rings. The molecule has 6 aromatic heterocycles. The fraction of sp³-hybridized carbons (Fsp3) is 0.0722. The van der Waals surface area contributed by atoms with E-state index in [4.69, 9.17) is 39.2 Å². The lowest BCUT2D eigenvalue weighted by Gasteiger charge is -2.32. The Morgan fingerprint density at radius 3 is 0.954 bits per heavy atom. The van der Waals surface area contributed by atoms with Gasteiger partial charge < -0.3 is 9.31 Å².